The van der Waals surface area contributed by atoms with E-state index in [0.29, 0.717) is 19.0 Å². The van der Waals surface area contributed by atoms with Crippen molar-refractivity contribution in [2.45, 2.75) is 44.1 Å². The molecule has 0 saturated carbocycles. The molecule has 1 aliphatic rings. The fourth-order valence-corrected chi connectivity index (χ4v) is 4.34. The van der Waals surface area contributed by atoms with Crippen LogP contribution in [-0.4, -0.2) is 30.8 Å². The molecule has 1 aromatic heterocycles. The summed E-state index contributed by atoms with van der Waals surface area (Å²) in [5.41, 5.74) is 5.98. The number of sulfonamides is 1. The SMILES string of the molecule is CCCC1CCCN(S(=O)(=O)c2ncccc2N)CC1. The lowest BCUT2D eigenvalue weighted by Gasteiger charge is -2.20. The first-order chi connectivity index (χ1) is 9.55. The van der Waals surface area contributed by atoms with E-state index in [4.69, 9.17) is 5.73 Å². The molecule has 2 rings (SSSR count). The van der Waals surface area contributed by atoms with Gasteiger partial charge < -0.3 is 5.73 Å². The summed E-state index contributed by atoms with van der Waals surface area (Å²) in [4.78, 5) is 3.96. The maximum absolute atomic E-state index is 12.6. The number of nitrogens with two attached hydrogens (primary N) is 1. The predicted octanol–water partition coefficient (Wildman–Crippen LogP) is 2.25. The van der Waals surface area contributed by atoms with Crippen LogP contribution >= 0.6 is 0 Å². The zero-order valence-electron chi connectivity index (χ0n) is 12.0. The zero-order chi connectivity index (χ0) is 14.6. The van der Waals surface area contributed by atoms with Gasteiger partial charge in [-0.15, -0.1) is 0 Å². The average molecular weight is 297 g/mol. The number of hydrogen-bond acceptors (Lipinski definition) is 4. The standard InChI is InChI=1S/C14H23N3O2S/c1-2-5-12-6-4-10-17(11-8-12)20(18,19)14-13(15)7-3-9-16-14/h3,7,9,12H,2,4-6,8,10-11,15H2,1H3. The molecule has 5 nitrogen and oxygen atoms in total. The third-order valence-corrected chi connectivity index (χ3v) is 5.76. The van der Waals surface area contributed by atoms with E-state index in [1.54, 1.807) is 16.4 Å². The quantitative estimate of drug-likeness (QED) is 0.924. The van der Waals surface area contributed by atoms with Gasteiger partial charge in [0.05, 0.1) is 5.69 Å². The molecule has 1 atom stereocenters. The van der Waals surface area contributed by atoms with Crippen LogP contribution in [0.25, 0.3) is 0 Å². The molecule has 2 N–H and O–H groups in total. The van der Waals surface area contributed by atoms with Crippen LogP contribution in [0.2, 0.25) is 0 Å². The molecule has 6 heteroatoms. The highest BCUT2D eigenvalue weighted by atomic mass is 32.2. The molecule has 0 bridgehead atoms. The van der Waals surface area contributed by atoms with Gasteiger partial charge >= 0.3 is 0 Å². The fourth-order valence-electron chi connectivity index (χ4n) is 2.82. The molecule has 0 aromatic carbocycles. The zero-order valence-corrected chi connectivity index (χ0v) is 12.8. The monoisotopic (exact) mass is 297 g/mol. The van der Waals surface area contributed by atoms with Gasteiger partial charge in [-0.1, -0.05) is 19.8 Å². The van der Waals surface area contributed by atoms with Crippen molar-refractivity contribution in [3.63, 3.8) is 0 Å². The number of rotatable bonds is 4. The summed E-state index contributed by atoms with van der Waals surface area (Å²) in [5, 5.41) is -0.00561. The second-order valence-electron chi connectivity index (χ2n) is 5.39. The smallest absolute Gasteiger partial charge is 0.262 e. The van der Waals surface area contributed by atoms with Crippen LogP contribution in [0.5, 0.6) is 0 Å². The minimum atomic E-state index is -3.56. The van der Waals surface area contributed by atoms with Gasteiger partial charge in [0.1, 0.15) is 0 Å². The minimum absolute atomic E-state index is 0.00561. The number of nitrogens with zero attached hydrogens (tertiary/aromatic N) is 2. The van der Waals surface area contributed by atoms with Crippen molar-refractivity contribution >= 4 is 15.7 Å². The Morgan fingerprint density at radius 2 is 2.20 bits per heavy atom. The molecule has 0 amide bonds. The van der Waals surface area contributed by atoms with Gasteiger partial charge in [0, 0.05) is 19.3 Å². The molecule has 112 valence electrons. The second kappa shape index (κ2) is 6.54. The summed E-state index contributed by atoms with van der Waals surface area (Å²) in [7, 11) is -3.56. The summed E-state index contributed by atoms with van der Waals surface area (Å²) >= 11 is 0. The Morgan fingerprint density at radius 1 is 1.40 bits per heavy atom. The van der Waals surface area contributed by atoms with E-state index < -0.39 is 10.0 Å². The lowest BCUT2D eigenvalue weighted by atomic mass is 9.96. The summed E-state index contributed by atoms with van der Waals surface area (Å²) < 4.78 is 26.8. The van der Waals surface area contributed by atoms with E-state index in [9.17, 15) is 8.42 Å². The van der Waals surface area contributed by atoms with Crippen LogP contribution in [0.15, 0.2) is 23.4 Å². The Kier molecular flexibility index (Phi) is 4.99. The number of anilines is 1. The third-order valence-electron chi connectivity index (χ3n) is 3.89. The van der Waals surface area contributed by atoms with Crippen molar-refractivity contribution in [3.8, 4) is 0 Å². The Labute approximate surface area is 121 Å². The van der Waals surface area contributed by atoms with Crippen LogP contribution in [-0.2, 0) is 10.0 Å². The molecule has 1 fully saturated rings. The largest absolute Gasteiger partial charge is 0.396 e. The predicted molar refractivity (Wildman–Crippen MR) is 79.7 cm³/mol. The van der Waals surface area contributed by atoms with Crippen molar-refractivity contribution in [3.05, 3.63) is 18.3 Å². The first-order valence-corrected chi connectivity index (χ1v) is 8.70. The molecule has 1 saturated heterocycles. The molecule has 0 radical (unpaired) electrons. The van der Waals surface area contributed by atoms with Gasteiger partial charge in [-0.05, 0) is 37.3 Å². The maximum Gasteiger partial charge on any atom is 0.262 e. The van der Waals surface area contributed by atoms with Crippen molar-refractivity contribution in [1.29, 1.82) is 0 Å². The van der Waals surface area contributed by atoms with Gasteiger partial charge in [-0.2, -0.15) is 4.31 Å². The number of hydrogen-bond donors (Lipinski definition) is 1. The van der Waals surface area contributed by atoms with Crippen LogP contribution in [0.4, 0.5) is 5.69 Å². The van der Waals surface area contributed by atoms with Crippen LogP contribution in [0.1, 0.15) is 39.0 Å². The highest BCUT2D eigenvalue weighted by Crippen LogP contribution is 2.26. The van der Waals surface area contributed by atoms with Crippen LogP contribution in [0, 0.1) is 5.92 Å². The van der Waals surface area contributed by atoms with E-state index >= 15 is 0 Å². The van der Waals surface area contributed by atoms with E-state index in [-0.39, 0.29) is 10.7 Å². The lowest BCUT2D eigenvalue weighted by molar-refractivity contribution is 0.399. The Balaban J connectivity index is 2.16. The van der Waals surface area contributed by atoms with Crippen LogP contribution in [0.3, 0.4) is 0 Å². The molecule has 0 spiro atoms. The maximum atomic E-state index is 12.6. The second-order valence-corrected chi connectivity index (χ2v) is 7.24. The first-order valence-electron chi connectivity index (χ1n) is 7.26. The highest BCUT2D eigenvalue weighted by Gasteiger charge is 2.29. The number of aromatic nitrogens is 1. The molecular weight excluding hydrogens is 274 g/mol. The number of nitrogen functional groups attached to an aromatic ring is 1. The molecule has 1 aromatic rings. The fraction of sp³-hybridized carbons (Fsp3) is 0.643. The molecular formula is C14H23N3O2S. The van der Waals surface area contributed by atoms with Crippen molar-refractivity contribution in [2.75, 3.05) is 18.8 Å². The van der Waals surface area contributed by atoms with E-state index in [2.05, 4.69) is 11.9 Å². The van der Waals surface area contributed by atoms with Crippen molar-refractivity contribution in [1.82, 2.24) is 9.29 Å². The minimum Gasteiger partial charge on any atom is -0.396 e. The molecule has 2 heterocycles. The normalized spacial score (nSPS) is 21.6. The first kappa shape index (κ1) is 15.3. The van der Waals surface area contributed by atoms with Gasteiger partial charge in [-0.25, -0.2) is 13.4 Å². The molecule has 1 aliphatic heterocycles. The van der Waals surface area contributed by atoms with E-state index in [0.717, 1.165) is 25.7 Å². The third kappa shape index (κ3) is 3.30. The number of pyridine rings is 1. The average Bonchev–Trinajstić information content (AvgIpc) is 2.65. The van der Waals surface area contributed by atoms with E-state index in [1.807, 2.05) is 0 Å². The summed E-state index contributed by atoms with van der Waals surface area (Å²) in [6.07, 6.45) is 6.76. The Hall–Kier alpha value is -1.14. The van der Waals surface area contributed by atoms with E-state index in [1.165, 1.54) is 12.6 Å². The van der Waals surface area contributed by atoms with Gasteiger partial charge in [0.2, 0.25) is 0 Å². The summed E-state index contributed by atoms with van der Waals surface area (Å²) in [6, 6.07) is 3.23. The summed E-state index contributed by atoms with van der Waals surface area (Å²) in [5.74, 6) is 0.640. The molecule has 1 unspecified atom stereocenters. The van der Waals surface area contributed by atoms with Gasteiger partial charge in [0.15, 0.2) is 5.03 Å². The van der Waals surface area contributed by atoms with Crippen molar-refractivity contribution < 1.29 is 8.42 Å². The highest BCUT2D eigenvalue weighted by molar-refractivity contribution is 7.89. The van der Waals surface area contributed by atoms with Gasteiger partial charge in [-0.3, -0.25) is 0 Å². The Bertz CT molecular complexity index is 545. The summed E-state index contributed by atoms with van der Waals surface area (Å²) in [6.45, 7) is 3.32. The topological polar surface area (TPSA) is 76.3 Å². The lowest BCUT2D eigenvalue weighted by Crippen LogP contribution is -2.33. The Morgan fingerprint density at radius 3 is 2.90 bits per heavy atom. The van der Waals surface area contributed by atoms with Crippen LogP contribution < -0.4 is 5.73 Å². The van der Waals surface area contributed by atoms with Gasteiger partial charge in [0.25, 0.3) is 10.0 Å². The molecule has 20 heavy (non-hydrogen) atoms. The molecule has 0 aliphatic carbocycles. The van der Waals surface area contributed by atoms with Crippen molar-refractivity contribution in [2.24, 2.45) is 5.92 Å².